The van der Waals surface area contributed by atoms with E-state index in [1.165, 1.54) is 12.4 Å². The minimum atomic E-state index is -1.52. The van der Waals surface area contributed by atoms with Crippen LogP contribution in [0.1, 0.15) is 29.5 Å². The van der Waals surface area contributed by atoms with Gasteiger partial charge in [-0.2, -0.15) is 5.10 Å². The Morgan fingerprint density at radius 3 is 2.90 bits per heavy atom. The number of carbonyl (C=O) groups is 1. The van der Waals surface area contributed by atoms with E-state index < -0.39 is 28.1 Å². The van der Waals surface area contributed by atoms with Gasteiger partial charge in [0.1, 0.15) is 18.0 Å². The van der Waals surface area contributed by atoms with Crippen molar-refractivity contribution in [2.24, 2.45) is 0 Å². The first-order valence-electron chi connectivity index (χ1n) is 6.30. The fourth-order valence-electron chi connectivity index (χ4n) is 1.81. The molecule has 1 heterocycles. The van der Waals surface area contributed by atoms with Crippen LogP contribution in [0.3, 0.4) is 0 Å². The molecule has 1 aromatic heterocycles. The number of carboxylic acid groups (broad SMARTS) is 1. The van der Waals surface area contributed by atoms with Crippen LogP contribution in [0.25, 0.3) is 0 Å². The van der Waals surface area contributed by atoms with Crippen molar-refractivity contribution in [2.75, 3.05) is 0 Å². The lowest BCUT2D eigenvalue weighted by molar-refractivity contribution is 0.0691. The zero-order valence-electron chi connectivity index (χ0n) is 11.3. The molecule has 21 heavy (non-hydrogen) atoms. The molecule has 1 N–H and O–H groups in total. The zero-order valence-corrected chi connectivity index (χ0v) is 12.1. The third kappa shape index (κ3) is 3.52. The van der Waals surface area contributed by atoms with E-state index in [9.17, 15) is 13.4 Å². The van der Waals surface area contributed by atoms with Crippen LogP contribution in [0.2, 0.25) is 0 Å². The standard InChI is InChI=1S/C13H14FN3O3S/c1-2-5-17-12(15-8-16-17)7-21(20)9-3-4-11(14)10(6-9)13(18)19/h3-4,6,8H,2,5,7H2,1H3,(H,18,19). The van der Waals surface area contributed by atoms with E-state index in [2.05, 4.69) is 10.1 Å². The first kappa shape index (κ1) is 15.3. The summed E-state index contributed by atoms with van der Waals surface area (Å²) >= 11 is 0. The molecule has 0 aliphatic heterocycles. The van der Waals surface area contributed by atoms with Gasteiger partial charge in [0.15, 0.2) is 0 Å². The van der Waals surface area contributed by atoms with Gasteiger partial charge in [-0.3, -0.25) is 4.21 Å². The van der Waals surface area contributed by atoms with Crippen molar-refractivity contribution < 1.29 is 18.5 Å². The summed E-state index contributed by atoms with van der Waals surface area (Å²) in [5, 5.41) is 12.9. The lowest BCUT2D eigenvalue weighted by atomic mass is 10.2. The molecule has 1 atom stereocenters. The van der Waals surface area contributed by atoms with Gasteiger partial charge in [0, 0.05) is 11.4 Å². The number of halogens is 1. The smallest absolute Gasteiger partial charge is 0.338 e. The van der Waals surface area contributed by atoms with Gasteiger partial charge in [-0.25, -0.2) is 18.9 Å². The Kier molecular flexibility index (Phi) is 4.79. The molecule has 0 bridgehead atoms. The summed E-state index contributed by atoms with van der Waals surface area (Å²) in [5.74, 6) is -1.58. The lowest BCUT2D eigenvalue weighted by Gasteiger charge is -2.06. The Balaban J connectivity index is 2.22. The lowest BCUT2D eigenvalue weighted by Crippen LogP contribution is -2.09. The number of aromatic nitrogens is 3. The summed E-state index contributed by atoms with van der Waals surface area (Å²) in [5.41, 5.74) is -0.490. The van der Waals surface area contributed by atoms with Crippen molar-refractivity contribution in [3.63, 3.8) is 0 Å². The molecule has 8 heteroatoms. The van der Waals surface area contributed by atoms with Crippen molar-refractivity contribution in [1.82, 2.24) is 14.8 Å². The summed E-state index contributed by atoms with van der Waals surface area (Å²) in [6, 6.07) is 3.42. The van der Waals surface area contributed by atoms with Gasteiger partial charge in [-0.05, 0) is 24.6 Å². The minimum absolute atomic E-state index is 0.102. The van der Waals surface area contributed by atoms with E-state index in [0.29, 0.717) is 12.4 Å². The van der Waals surface area contributed by atoms with E-state index in [1.54, 1.807) is 4.68 Å². The molecule has 2 aromatic rings. The highest BCUT2D eigenvalue weighted by atomic mass is 32.2. The van der Waals surface area contributed by atoms with Crippen molar-refractivity contribution in [3.05, 3.63) is 41.7 Å². The monoisotopic (exact) mass is 311 g/mol. The van der Waals surface area contributed by atoms with Gasteiger partial charge in [-0.1, -0.05) is 6.92 Å². The Morgan fingerprint density at radius 1 is 1.48 bits per heavy atom. The fraction of sp³-hybridized carbons (Fsp3) is 0.308. The number of aromatic carboxylic acids is 1. The molecule has 0 saturated carbocycles. The van der Waals surface area contributed by atoms with Gasteiger partial charge in [0.25, 0.3) is 0 Å². The maximum absolute atomic E-state index is 13.3. The van der Waals surface area contributed by atoms with Crippen LogP contribution >= 0.6 is 0 Å². The summed E-state index contributed by atoms with van der Waals surface area (Å²) < 4.78 is 27.2. The van der Waals surface area contributed by atoms with Crippen molar-refractivity contribution in [1.29, 1.82) is 0 Å². The minimum Gasteiger partial charge on any atom is -0.478 e. The average molecular weight is 311 g/mol. The van der Waals surface area contributed by atoms with Crippen LogP contribution in [0.15, 0.2) is 29.4 Å². The zero-order chi connectivity index (χ0) is 15.4. The number of aryl methyl sites for hydroxylation is 1. The fourth-order valence-corrected chi connectivity index (χ4v) is 2.90. The quantitative estimate of drug-likeness (QED) is 0.879. The summed E-state index contributed by atoms with van der Waals surface area (Å²) in [6.07, 6.45) is 2.25. The van der Waals surface area contributed by atoms with E-state index in [1.807, 2.05) is 6.92 Å². The maximum Gasteiger partial charge on any atom is 0.338 e. The molecule has 112 valence electrons. The largest absolute Gasteiger partial charge is 0.478 e. The third-order valence-corrected chi connectivity index (χ3v) is 4.12. The molecule has 6 nitrogen and oxygen atoms in total. The van der Waals surface area contributed by atoms with E-state index in [4.69, 9.17) is 5.11 Å². The van der Waals surface area contributed by atoms with Crippen LogP contribution in [0.5, 0.6) is 0 Å². The molecular formula is C13H14FN3O3S. The molecule has 0 amide bonds. The predicted molar refractivity (Wildman–Crippen MR) is 73.8 cm³/mol. The Morgan fingerprint density at radius 2 is 2.24 bits per heavy atom. The van der Waals surface area contributed by atoms with Gasteiger partial charge < -0.3 is 5.11 Å². The van der Waals surface area contributed by atoms with Crippen molar-refractivity contribution in [2.45, 2.75) is 30.5 Å². The number of benzene rings is 1. The molecule has 0 saturated heterocycles. The van der Waals surface area contributed by atoms with Gasteiger partial charge in [0.05, 0.1) is 22.1 Å². The van der Waals surface area contributed by atoms with Gasteiger partial charge in [0.2, 0.25) is 0 Å². The predicted octanol–water partition coefficient (Wildman–Crippen LogP) is 1.83. The molecule has 0 fully saturated rings. The Bertz CT molecular complexity index is 687. The number of hydrogen-bond acceptors (Lipinski definition) is 4. The van der Waals surface area contributed by atoms with E-state index >= 15 is 0 Å². The number of rotatable bonds is 6. The van der Waals surface area contributed by atoms with Crippen LogP contribution in [-0.2, 0) is 23.1 Å². The highest BCUT2D eigenvalue weighted by Gasteiger charge is 2.15. The number of hydrogen-bond donors (Lipinski definition) is 1. The summed E-state index contributed by atoms with van der Waals surface area (Å²) in [7, 11) is -1.52. The van der Waals surface area contributed by atoms with Crippen LogP contribution in [0.4, 0.5) is 4.39 Å². The topological polar surface area (TPSA) is 85.1 Å². The van der Waals surface area contributed by atoms with E-state index in [0.717, 1.165) is 18.6 Å². The van der Waals surface area contributed by atoms with Crippen LogP contribution in [0, 0.1) is 5.82 Å². The first-order chi connectivity index (χ1) is 10.0. The molecule has 2 rings (SSSR count). The highest BCUT2D eigenvalue weighted by molar-refractivity contribution is 7.84. The number of carboxylic acids is 1. The molecule has 1 unspecified atom stereocenters. The second kappa shape index (κ2) is 6.57. The first-order valence-corrected chi connectivity index (χ1v) is 7.62. The van der Waals surface area contributed by atoms with E-state index in [-0.39, 0.29) is 10.6 Å². The van der Waals surface area contributed by atoms with Gasteiger partial charge in [-0.15, -0.1) is 0 Å². The molecule has 0 aliphatic carbocycles. The Hall–Kier alpha value is -2.09. The van der Waals surface area contributed by atoms with Crippen molar-refractivity contribution in [3.8, 4) is 0 Å². The SMILES string of the molecule is CCCn1ncnc1CS(=O)c1ccc(F)c(C(=O)O)c1. The summed E-state index contributed by atoms with van der Waals surface area (Å²) in [6.45, 7) is 2.65. The third-order valence-electron chi connectivity index (χ3n) is 2.82. The molecule has 1 aromatic carbocycles. The second-order valence-electron chi connectivity index (χ2n) is 4.34. The summed E-state index contributed by atoms with van der Waals surface area (Å²) in [4.78, 5) is 15.2. The molecular weight excluding hydrogens is 297 g/mol. The normalized spacial score (nSPS) is 12.3. The molecule has 0 spiro atoms. The second-order valence-corrected chi connectivity index (χ2v) is 5.79. The molecule has 0 aliphatic rings. The Labute approximate surface area is 123 Å². The van der Waals surface area contributed by atoms with Crippen molar-refractivity contribution >= 4 is 16.8 Å². The van der Waals surface area contributed by atoms with Crippen LogP contribution in [-0.4, -0.2) is 30.0 Å². The maximum atomic E-state index is 13.3. The molecule has 0 radical (unpaired) electrons. The average Bonchev–Trinajstić information content (AvgIpc) is 2.86. The number of nitrogens with zero attached hydrogens (tertiary/aromatic N) is 3. The highest BCUT2D eigenvalue weighted by Crippen LogP contribution is 2.16. The van der Waals surface area contributed by atoms with Gasteiger partial charge >= 0.3 is 5.97 Å². The van der Waals surface area contributed by atoms with Crippen LogP contribution < -0.4 is 0 Å².